The minimum Gasteiger partial charge on any atom is -0.360 e. The van der Waals surface area contributed by atoms with Gasteiger partial charge in [0.2, 0.25) is 0 Å². The van der Waals surface area contributed by atoms with Crippen LogP contribution in [0.2, 0.25) is 0 Å². The molecule has 0 saturated heterocycles. The van der Waals surface area contributed by atoms with E-state index in [2.05, 4.69) is 300 Å². The van der Waals surface area contributed by atoms with Crippen LogP contribution in [0.1, 0.15) is 325 Å². The Bertz CT molecular complexity index is 2950. The van der Waals surface area contributed by atoms with Crippen molar-refractivity contribution in [3.63, 3.8) is 0 Å². The molecule has 0 saturated carbocycles. The predicted molar refractivity (Wildman–Crippen MR) is 503 cm³/mol. The fourth-order valence-corrected chi connectivity index (χ4v) is 7.37. The number of thiophene rings is 1. The molecule has 14 heteroatoms. The van der Waals surface area contributed by atoms with Crippen molar-refractivity contribution < 1.29 is 21.1 Å². The Labute approximate surface area is 710 Å². The number of aromatic amines is 2. The first-order chi connectivity index (χ1) is 53.2. The number of nitrogens with zero attached hydrogens (tertiary/aromatic N) is 10. The van der Waals surface area contributed by atoms with Gasteiger partial charge in [0.15, 0.2) is 0 Å². The quantitative estimate of drug-likeness (QED) is 0.134. The summed E-state index contributed by atoms with van der Waals surface area (Å²) in [6.07, 6.45) is 26.5. The topological polar surface area (TPSA) is 151 Å². The molecule has 12 nitrogen and oxygen atoms in total. The molecule has 0 amide bonds. The molecule has 2 N–H and O–H groups in total. The maximum absolute atomic E-state index is 4.40. The van der Waals surface area contributed by atoms with Gasteiger partial charge in [0.1, 0.15) is 6.33 Å². The number of hydrogen-bond donors (Lipinski definition) is 2. The standard InChI is InChI=1S/2C12H13N.C9H12.C8H11N.2C7H10N2.C7H15N.C4H4S.3C4H10.2C3H4N2.7C2H6.W/c1-9(2)10-5-6-12-11(8-10)4-3-7-13-12;1-9(2)11-7-10-5-3-4-6-12(10)13-8-11;1-8(2)9-6-4-3-5-7-9;1-7(2)8-4-3-5-9-6-8;1-6(2)7-3-8-5-9-4-7;1-6(2)7-5-8-3-4-9-7;1-5-8(6-2)7(3)4;1-2-4-5-3-1;3*1-4(2)3;1-2-5-3-4-1;1-2-4-5-3-1;7*1-2;/h2*3-9H,1-2H3;3-8H,1-2H3;3-7H,1-2H3;2*3-6H,1-2H3;7H,1-2,5-6H2,3-4H3;1-4H;3*4H,1-3H3;2*1-3H,(H,4,5);7*1-2H3;/q;;;;;;-2;;;;;;;;;;;;;;+2. The van der Waals surface area contributed by atoms with E-state index in [4.69, 9.17) is 0 Å². The van der Waals surface area contributed by atoms with Crippen molar-refractivity contribution in [1.29, 1.82) is 0 Å². The van der Waals surface area contributed by atoms with Gasteiger partial charge in [-0.25, -0.2) is 15.0 Å². The van der Waals surface area contributed by atoms with Crippen LogP contribution in [0.4, 0.5) is 0 Å². The van der Waals surface area contributed by atoms with Crippen molar-refractivity contribution in [3.8, 4) is 0 Å². The molecule has 0 aliphatic rings. The summed E-state index contributed by atoms with van der Waals surface area (Å²) in [5.41, 5.74) is 9.79. The van der Waals surface area contributed by atoms with Crippen molar-refractivity contribution in [3.05, 3.63) is 273 Å². The predicted octanol–water partition coefficient (Wildman–Crippen LogP) is 31.0. The number of nitrogens with one attached hydrogen (secondary N) is 2. The molecule has 11 aromatic rings. The van der Waals surface area contributed by atoms with Crippen LogP contribution in [0, 0.1) is 31.6 Å². The maximum Gasteiger partial charge on any atom is 2.00 e. The fraction of sp³-hybridized carbons (Fsp3) is 0.500. The first-order valence-corrected chi connectivity index (χ1v) is 42.4. The van der Waals surface area contributed by atoms with Gasteiger partial charge in [-0.05, 0) is 140 Å². The Morgan fingerprint density at radius 3 is 1.07 bits per heavy atom. The van der Waals surface area contributed by atoms with Crippen molar-refractivity contribution in [2.45, 2.75) is 298 Å². The molecule has 8 heterocycles. The van der Waals surface area contributed by atoms with Crippen molar-refractivity contribution in [2.24, 2.45) is 17.8 Å². The van der Waals surface area contributed by atoms with E-state index in [-0.39, 0.29) is 21.1 Å². The first-order valence-electron chi connectivity index (χ1n) is 41.5. The van der Waals surface area contributed by atoms with Crippen molar-refractivity contribution >= 4 is 33.1 Å². The number of rotatable bonds is 9. The van der Waals surface area contributed by atoms with Gasteiger partial charge < -0.3 is 23.7 Å². The van der Waals surface area contributed by atoms with Gasteiger partial charge in [-0.2, -0.15) is 16.4 Å². The van der Waals surface area contributed by atoms with Gasteiger partial charge >= 0.3 is 21.1 Å². The van der Waals surface area contributed by atoms with E-state index in [1.165, 1.54) is 38.6 Å². The van der Waals surface area contributed by atoms with E-state index in [9.17, 15) is 0 Å². The molecule has 0 fully saturated rings. The van der Waals surface area contributed by atoms with Crippen LogP contribution in [0.3, 0.4) is 0 Å². The molecule has 0 aliphatic heterocycles. The zero-order valence-electron chi connectivity index (χ0n) is 78.3. The molecule has 0 bridgehead atoms. The molecule has 11 rings (SSSR count). The number of hydrogen-bond acceptors (Lipinski definition) is 11. The average Bonchev–Trinajstić information content (AvgIpc) is 0.921. The number of benzene rings is 3. The number of H-pyrrole nitrogens is 2. The molecule has 0 radical (unpaired) electrons. The second-order valence-electron chi connectivity index (χ2n) is 26.5. The van der Waals surface area contributed by atoms with E-state index in [1.54, 1.807) is 73.6 Å². The van der Waals surface area contributed by atoms with Crippen LogP contribution >= 0.6 is 11.3 Å². The normalized spacial score (nSPS) is 9.02. The fourth-order valence-electron chi connectivity index (χ4n) is 6.92. The first kappa shape index (κ1) is 125. The van der Waals surface area contributed by atoms with Gasteiger partial charge in [0, 0.05) is 91.3 Å². The molecule has 112 heavy (non-hydrogen) atoms. The Hall–Kier alpha value is -7.44. The number of fused-ring (bicyclic) bond motifs is 2. The number of para-hydroxylation sites is 1. The zero-order chi connectivity index (χ0) is 87.2. The molecular weight excluding hydrogens is 1560 g/mol. The van der Waals surface area contributed by atoms with E-state index < -0.39 is 0 Å². The zero-order valence-corrected chi connectivity index (χ0v) is 82.0. The number of pyridine rings is 3. The van der Waals surface area contributed by atoms with E-state index >= 15 is 0 Å². The van der Waals surface area contributed by atoms with Gasteiger partial charge in [0.25, 0.3) is 0 Å². The van der Waals surface area contributed by atoms with E-state index in [0.29, 0.717) is 41.5 Å². The number of imidazole rings is 1. The summed E-state index contributed by atoms with van der Waals surface area (Å²) in [6, 6.07) is 42.0. The van der Waals surface area contributed by atoms with Crippen LogP contribution in [0.5, 0.6) is 0 Å². The Kier molecular flexibility index (Phi) is 107. The Morgan fingerprint density at radius 1 is 0.339 bits per heavy atom. The molecule has 0 unspecified atom stereocenters. The molecule has 0 aliphatic carbocycles. The summed E-state index contributed by atoms with van der Waals surface area (Å²) in [6.45, 7) is 87.0. The smallest absolute Gasteiger partial charge is 0.360 e. The summed E-state index contributed by atoms with van der Waals surface area (Å²) in [7, 11) is 0. The third-order valence-electron chi connectivity index (χ3n) is 12.4. The van der Waals surface area contributed by atoms with Gasteiger partial charge in [-0.15, -0.1) is 13.1 Å². The summed E-state index contributed by atoms with van der Waals surface area (Å²) in [4.78, 5) is 37.1. The summed E-state index contributed by atoms with van der Waals surface area (Å²) < 4.78 is 0. The summed E-state index contributed by atoms with van der Waals surface area (Å²) in [5.74, 6) is 5.91. The maximum atomic E-state index is 4.40. The second kappa shape index (κ2) is 95.9. The summed E-state index contributed by atoms with van der Waals surface area (Å²) >= 11 is 1.71. The molecule has 0 atom stereocenters. The van der Waals surface area contributed by atoms with E-state index in [0.717, 1.165) is 47.6 Å². The Morgan fingerprint density at radius 2 is 0.768 bits per heavy atom. The minimum atomic E-state index is 0. The molecule has 0 spiro atoms. The molecular formula is C98H168N12SW. The van der Waals surface area contributed by atoms with Gasteiger partial charge in [-0.1, -0.05) is 335 Å². The number of aromatic nitrogens is 11. The van der Waals surface area contributed by atoms with Crippen LogP contribution in [-0.2, 0) is 21.1 Å². The SMILES string of the molecule is CC.CC.CC.CC.CC.CC.CC.CC(C)C.CC(C)C.CC(C)C.CC(C)c1ccc2ncccc2c1.CC(C)c1ccccc1.CC(C)c1cccnc1.CC(C)c1cnc2ccccc2c1.CC(C)c1cnccn1.CC(C)c1cncnc1.[CH2-]CN(C[CH2-])C(C)C.[W+2].c1c[nH]cn1.c1ccsc1.c1cn[nH]c1. The minimum absolute atomic E-state index is 0. The third kappa shape index (κ3) is 85.0. The molecule has 632 valence electrons. The van der Waals surface area contributed by atoms with Crippen LogP contribution < -0.4 is 0 Å². The third-order valence-corrected chi connectivity index (χ3v) is 13.0. The van der Waals surface area contributed by atoms with E-state index in [1.807, 2.05) is 193 Å². The molecule has 3 aromatic carbocycles. The monoisotopic (exact) mass is 1730 g/mol. The van der Waals surface area contributed by atoms with Crippen molar-refractivity contribution in [1.82, 2.24) is 60.0 Å². The van der Waals surface area contributed by atoms with Crippen LogP contribution in [0.25, 0.3) is 21.8 Å². The van der Waals surface area contributed by atoms with Crippen molar-refractivity contribution in [2.75, 3.05) is 13.1 Å². The molecule has 8 aromatic heterocycles. The Balaban J connectivity index is -0.000000126. The van der Waals surface area contributed by atoms with Crippen LogP contribution in [0.15, 0.2) is 225 Å². The average molecular weight is 1730 g/mol. The largest absolute Gasteiger partial charge is 2.00 e. The van der Waals surface area contributed by atoms with Gasteiger partial charge in [-0.3, -0.25) is 30.0 Å². The summed E-state index contributed by atoms with van der Waals surface area (Å²) in [5, 5.41) is 12.8. The second-order valence-corrected chi connectivity index (χ2v) is 27.3. The van der Waals surface area contributed by atoms with Gasteiger partial charge in [0.05, 0.1) is 23.1 Å². The van der Waals surface area contributed by atoms with Crippen LogP contribution in [-0.4, -0.2) is 79.1 Å².